The van der Waals surface area contributed by atoms with Gasteiger partial charge in [0.2, 0.25) is 0 Å². The SMILES string of the molecule is CCC(C)CC(NC)c1cc(F)ccc1Cl. The molecular weight excluding hydrogens is 225 g/mol. The molecule has 0 saturated heterocycles. The molecule has 2 atom stereocenters. The van der Waals surface area contributed by atoms with Crippen molar-refractivity contribution in [2.24, 2.45) is 5.92 Å². The van der Waals surface area contributed by atoms with Crippen LogP contribution in [-0.4, -0.2) is 7.05 Å². The van der Waals surface area contributed by atoms with Crippen molar-refractivity contribution in [1.29, 1.82) is 0 Å². The minimum atomic E-state index is -0.233. The molecule has 0 aliphatic heterocycles. The highest BCUT2D eigenvalue weighted by Crippen LogP contribution is 2.28. The summed E-state index contributed by atoms with van der Waals surface area (Å²) in [5.74, 6) is 0.362. The Morgan fingerprint density at radius 2 is 2.12 bits per heavy atom. The highest BCUT2D eigenvalue weighted by atomic mass is 35.5. The molecule has 0 aliphatic rings. The normalized spacial score (nSPS) is 14.8. The first kappa shape index (κ1) is 13.5. The molecule has 0 heterocycles. The average Bonchev–Trinajstić information content (AvgIpc) is 2.29. The standard InChI is InChI=1S/C13H19ClFN/c1-4-9(2)7-13(16-3)11-8-10(15)5-6-12(11)14/h5-6,8-9,13,16H,4,7H2,1-3H3. The first-order chi connectivity index (χ1) is 7.58. The van der Waals surface area contributed by atoms with E-state index in [1.54, 1.807) is 6.07 Å². The Morgan fingerprint density at radius 1 is 1.44 bits per heavy atom. The van der Waals surface area contributed by atoms with E-state index in [0.29, 0.717) is 10.9 Å². The molecular formula is C13H19ClFN. The number of benzene rings is 1. The second-order valence-electron chi connectivity index (χ2n) is 4.26. The lowest BCUT2D eigenvalue weighted by Gasteiger charge is -2.21. The maximum absolute atomic E-state index is 13.2. The van der Waals surface area contributed by atoms with Crippen LogP contribution in [0.4, 0.5) is 4.39 Å². The summed E-state index contributed by atoms with van der Waals surface area (Å²) in [6.07, 6.45) is 2.08. The van der Waals surface area contributed by atoms with Crippen molar-refractivity contribution in [2.45, 2.75) is 32.7 Å². The molecule has 0 fully saturated rings. The molecule has 0 saturated carbocycles. The van der Waals surface area contributed by atoms with Crippen molar-refractivity contribution in [3.8, 4) is 0 Å². The summed E-state index contributed by atoms with van der Waals surface area (Å²) in [5.41, 5.74) is 0.851. The van der Waals surface area contributed by atoms with Crippen molar-refractivity contribution in [3.05, 3.63) is 34.6 Å². The Bertz CT molecular complexity index is 341. The van der Waals surface area contributed by atoms with Gasteiger partial charge >= 0.3 is 0 Å². The van der Waals surface area contributed by atoms with E-state index in [0.717, 1.165) is 18.4 Å². The van der Waals surface area contributed by atoms with Crippen molar-refractivity contribution >= 4 is 11.6 Å². The molecule has 0 aliphatic carbocycles. The predicted octanol–water partition coefficient (Wildman–Crippen LogP) is 4.18. The smallest absolute Gasteiger partial charge is 0.123 e. The van der Waals surface area contributed by atoms with Gasteiger partial charge in [0.05, 0.1) is 0 Å². The van der Waals surface area contributed by atoms with Gasteiger partial charge in [-0.2, -0.15) is 0 Å². The van der Waals surface area contributed by atoms with Gasteiger partial charge in [-0.15, -0.1) is 0 Å². The van der Waals surface area contributed by atoms with E-state index in [1.165, 1.54) is 12.1 Å². The summed E-state index contributed by atoms with van der Waals surface area (Å²) in [4.78, 5) is 0. The highest BCUT2D eigenvalue weighted by molar-refractivity contribution is 6.31. The lowest BCUT2D eigenvalue weighted by molar-refractivity contribution is 0.421. The summed E-state index contributed by atoms with van der Waals surface area (Å²) in [5, 5.41) is 3.83. The Morgan fingerprint density at radius 3 is 2.69 bits per heavy atom. The Balaban J connectivity index is 2.89. The first-order valence-corrected chi connectivity index (χ1v) is 6.08. The number of halogens is 2. The van der Waals surface area contributed by atoms with Gasteiger partial charge < -0.3 is 5.32 Å². The quantitative estimate of drug-likeness (QED) is 0.818. The van der Waals surface area contributed by atoms with Gasteiger partial charge in [0.25, 0.3) is 0 Å². The van der Waals surface area contributed by atoms with E-state index in [9.17, 15) is 4.39 Å². The molecule has 1 N–H and O–H groups in total. The molecule has 0 spiro atoms. The number of rotatable bonds is 5. The molecule has 3 heteroatoms. The monoisotopic (exact) mass is 243 g/mol. The van der Waals surface area contributed by atoms with Gasteiger partial charge in [0.1, 0.15) is 5.82 Å². The minimum absolute atomic E-state index is 0.123. The van der Waals surface area contributed by atoms with E-state index in [4.69, 9.17) is 11.6 Å². The maximum atomic E-state index is 13.2. The highest BCUT2D eigenvalue weighted by Gasteiger charge is 2.16. The molecule has 16 heavy (non-hydrogen) atoms. The topological polar surface area (TPSA) is 12.0 Å². The van der Waals surface area contributed by atoms with Crippen LogP contribution in [0.5, 0.6) is 0 Å². The van der Waals surface area contributed by atoms with Crippen LogP contribution < -0.4 is 5.32 Å². The summed E-state index contributed by atoms with van der Waals surface area (Å²) in [7, 11) is 1.88. The Hall–Kier alpha value is -0.600. The van der Waals surface area contributed by atoms with E-state index in [1.807, 2.05) is 7.05 Å². The molecule has 2 unspecified atom stereocenters. The zero-order valence-electron chi connectivity index (χ0n) is 10.1. The summed E-state index contributed by atoms with van der Waals surface area (Å²) in [6.45, 7) is 4.35. The van der Waals surface area contributed by atoms with Gasteiger partial charge in [0.15, 0.2) is 0 Å². The van der Waals surface area contributed by atoms with Crippen LogP contribution in [-0.2, 0) is 0 Å². The molecule has 1 nitrogen and oxygen atoms in total. The fourth-order valence-corrected chi connectivity index (χ4v) is 2.00. The van der Waals surface area contributed by atoms with Crippen LogP contribution >= 0.6 is 11.6 Å². The van der Waals surface area contributed by atoms with Crippen molar-refractivity contribution in [3.63, 3.8) is 0 Å². The van der Waals surface area contributed by atoms with Crippen LogP contribution in [0, 0.1) is 11.7 Å². The van der Waals surface area contributed by atoms with Gasteiger partial charge in [-0.3, -0.25) is 0 Å². The average molecular weight is 244 g/mol. The summed E-state index contributed by atoms with van der Waals surface area (Å²) >= 11 is 6.09. The summed E-state index contributed by atoms with van der Waals surface area (Å²) < 4.78 is 13.2. The molecule has 0 radical (unpaired) electrons. The number of nitrogens with one attached hydrogen (secondary N) is 1. The lowest BCUT2D eigenvalue weighted by Crippen LogP contribution is -2.19. The minimum Gasteiger partial charge on any atom is -0.313 e. The van der Waals surface area contributed by atoms with Crippen molar-refractivity contribution in [1.82, 2.24) is 5.32 Å². The van der Waals surface area contributed by atoms with Crippen LogP contribution in [0.25, 0.3) is 0 Å². The second-order valence-corrected chi connectivity index (χ2v) is 4.66. The van der Waals surface area contributed by atoms with Crippen molar-refractivity contribution < 1.29 is 4.39 Å². The zero-order chi connectivity index (χ0) is 12.1. The summed E-state index contributed by atoms with van der Waals surface area (Å²) in [6, 6.07) is 4.65. The predicted molar refractivity (Wildman–Crippen MR) is 67.3 cm³/mol. The second kappa shape index (κ2) is 6.21. The van der Waals surface area contributed by atoms with Crippen LogP contribution in [0.2, 0.25) is 5.02 Å². The largest absolute Gasteiger partial charge is 0.313 e. The van der Waals surface area contributed by atoms with Crippen LogP contribution in [0.1, 0.15) is 38.3 Å². The molecule has 0 aromatic heterocycles. The zero-order valence-corrected chi connectivity index (χ0v) is 10.8. The lowest BCUT2D eigenvalue weighted by atomic mass is 9.94. The van der Waals surface area contributed by atoms with Gasteiger partial charge in [-0.25, -0.2) is 4.39 Å². The fraction of sp³-hybridized carbons (Fsp3) is 0.538. The molecule has 1 aromatic rings. The van der Waals surface area contributed by atoms with Gasteiger partial charge in [-0.05, 0) is 43.1 Å². The molecule has 0 amide bonds. The fourth-order valence-electron chi connectivity index (χ4n) is 1.75. The first-order valence-electron chi connectivity index (χ1n) is 5.70. The Labute approximate surface area is 102 Å². The van der Waals surface area contributed by atoms with Gasteiger partial charge in [-0.1, -0.05) is 31.9 Å². The van der Waals surface area contributed by atoms with Crippen LogP contribution in [0.3, 0.4) is 0 Å². The maximum Gasteiger partial charge on any atom is 0.123 e. The molecule has 1 aromatic carbocycles. The van der Waals surface area contributed by atoms with E-state index < -0.39 is 0 Å². The van der Waals surface area contributed by atoms with Crippen LogP contribution in [0.15, 0.2) is 18.2 Å². The Kier molecular flexibility index (Phi) is 5.23. The number of hydrogen-bond donors (Lipinski definition) is 1. The molecule has 1 rings (SSSR count). The van der Waals surface area contributed by atoms with E-state index >= 15 is 0 Å². The third kappa shape index (κ3) is 3.46. The third-order valence-corrected chi connectivity index (χ3v) is 3.36. The van der Waals surface area contributed by atoms with E-state index in [-0.39, 0.29) is 11.9 Å². The van der Waals surface area contributed by atoms with Gasteiger partial charge in [0, 0.05) is 11.1 Å². The third-order valence-electron chi connectivity index (χ3n) is 3.02. The number of hydrogen-bond acceptors (Lipinski definition) is 1. The molecule has 0 bridgehead atoms. The van der Waals surface area contributed by atoms with Crippen molar-refractivity contribution in [2.75, 3.05) is 7.05 Å². The molecule has 90 valence electrons. The van der Waals surface area contributed by atoms with E-state index in [2.05, 4.69) is 19.2 Å².